The highest BCUT2D eigenvalue weighted by molar-refractivity contribution is 7.07. The van der Waals surface area contributed by atoms with E-state index in [1.807, 2.05) is 13.0 Å². The fraction of sp³-hybridized carbons (Fsp3) is 0.562. The van der Waals surface area contributed by atoms with E-state index in [4.69, 9.17) is 4.74 Å². The molecule has 25 heavy (non-hydrogen) atoms. The van der Waals surface area contributed by atoms with Gasteiger partial charge in [0.15, 0.2) is 0 Å². The highest BCUT2D eigenvalue weighted by Crippen LogP contribution is 2.21. The molecule has 0 saturated carbocycles. The van der Waals surface area contributed by atoms with Crippen LogP contribution in [-0.2, 0) is 0 Å². The predicted octanol–water partition coefficient (Wildman–Crippen LogP) is 1.74. The van der Waals surface area contributed by atoms with Gasteiger partial charge in [-0.05, 0) is 44.6 Å². The number of aromatic nitrogens is 4. The third-order valence-electron chi connectivity index (χ3n) is 3.98. The number of nitrogens with zero attached hydrogens (tertiary/aromatic N) is 5. The number of nitrogens with one attached hydrogen (secondary N) is 1. The summed E-state index contributed by atoms with van der Waals surface area (Å²) < 4.78 is 9.46. The number of hydrogen-bond acceptors (Lipinski definition) is 8. The van der Waals surface area contributed by atoms with Crippen molar-refractivity contribution in [3.05, 3.63) is 22.5 Å². The van der Waals surface area contributed by atoms with Gasteiger partial charge in [0.2, 0.25) is 5.88 Å². The molecule has 9 heteroatoms. The maximum Gasteiger partial charge on any atom is 0.265 e. The average Bonchev–Trinajstić information content (AvgIpc) is 3.05. The summed E-state index contributed by atoms with van der Waals surface area (Å²) in [6.07, 6.45) is 3.66. The molecular weight excluding hydrogens is 340 g/mol. The van der Waals surface area contributed by atoms with Gasteiger partial charge in [-0.3, -0.25) is 4.79 Å². The minimum atomic E-state index is -0.177. The van der Waals surface area contributed by atoms with Crippen LogP contribution in [0.2, 0.25) is 0 Å². The molecule has 1 aliphatic rings. The van der Waals surface area contributed by atoms with Gasteiger partial charge in [0.25, 0.3) is 5.91 Å². The topological polar surface area (TPSA) is 93.1 Å². The first-order valence-electron chi connectivity index (χ1n) is 8.44. The van der Waals surface area contributed by atoms with Gasteiger partial charge in [-0.25, -0.2) is 4.98 Å². The number of aryl methyl sites for hydroxylation is 2. The molecule has 1 aliphatic heterocycles. The van der Waals surface area contributed by atoms with E-state index in [2.05, 4.69) is 29.8 Å². The molecule has 1 fully saturated rings. The Morgan fingerprint density at radius 3 is 2.80 bits per heavy atom. The lowest BCUT2D eigenvalue weighted by Crippen LogP contribution is -2.30. The minimum Gasteiger partial charge on any atom is -0.476 e. The molecule has 134 valence electrons. The van der Waals surface area contributed by atoms with Crippen molar-refractivity contribution < 1.29 is 9.53 Å². The smallest absolute Gasteiger partial charge is 0.265 e. The molecule has 0 radical (unpaired) electrons. The third kappa shape index (κ3) is 4.62. The van der Waals surface area contributed by atoms with Gasteiger partial charge in [-0.1, -0.05) is 4.49 Å². The third-order valence-corrected chi connectivity index (χ3v) is 4.80. The van der Waals surface area contributed by atoms with Crippen molar-refractivity contribution in [1.29, 1.82) is 0 Å². The Labute approximate surface area is 150 Å². The fourth-order valence-corrected chi connectivity index (χ4v) is 3.30. The Morgan fingerprint density at radius 2 is 2.08 bits per heavy atom. The summed E-state index contributed by atoms with van der Waals surface area (Å²) in [6, 6.07) is 1.87. The summed E-state index contributed by atoms with van der Waals surface area (Å²) in [5.74, 6) is 1.97. The van der Waals surface area contributed by atoms with Crippen LogP contribution in [0.5, 0.6) is 5.88 Å². The number of rotatable bonds is 6. The van der Waals surface area contributed by atoms with E-state index >= 15 is 0 Å². The summed E-state index contributed by atoms with van der Waals surface area (Å²) in [6.45, 7) is 6.40. The molecule has 3 rings (SSSR count). The van der Waals surface area contributed by atoms with E-state index in [0.717, 1.165) is 30.4 Å². The molecule has 1 N–H and O–H groups in total. The van der Waals surface area contributed by atoms with E-state index in [1.54, 1.807) is 6.92 Å². The first kappa shape index (κ1) is 17.5. The van der Waals surface area contributed by atoms with Crippen LogP contribution in [0.4, 0.5) is 5.82 Å². The first-order chi connectivity index (χ1) is 12.1. The van der Waals surface area contributed by atoms with E-state index in [1.165, 1.54) is 19.3 Å². The Balaban J connectivity index is 1.52. The lowest BCUT2D eigenvalue weighted by atomic mass is 10.1. The molecule has 3 heterocycles. The first-order valence-corrected chi connectivity index (χ1v) is 9.21. The molecule has 0 unspecified atom stereocenters. The minimum absolute atomic E-state index is 0.177. The summed E-state index contributed by atoms with van der Waals surface area (Å²) in [7, 11) is 0. The molecule has 0 bridgehead atoms. The van der Waals surface area contributed by atoms with Crippen LogP contribution >= 0.6 is 11.5 Å². The second kappa shape index (κ2) is 8.19. The number of anilines is 1. The molecule has 0 aromatic carbocycles. The molecule has 2 aromatic heterocycles. The monoisotopic (exact) mass is 362 g/mol. The van der Waals surface area contributed by atoms with Crippen molar-refractivity contribution in [2.75, 3.05) is 31.1 Å². The molecule has 0 atom stereocenters. The molecule has 8 nitrogen and oxygen atoms in total. The SMILES string of the molecule is Cc1nc(OCCNC(=O)c2snnc2C)cc(N2CCCCC2)n1. The zero-order valence-corrected chi connectivity index (χ0v) is 15.3. The van der Waals surface area contributed by atoms with Crippen molar-refractivity contribution in [2.45, 2.75) is 33.1 Å². The van der Waals surface area contributed by atoms with Gasteiger partial charge in [-0.15, -0.1) is 5.10 Å². The summed E-state index contributed by atoms with van der Waals surface area (Å²) in [5.41, 5.74) is 0.640. The molecule has 2 aromatic rings. The number of hydrogen-bond donors (Lipinski definition) is 1. The van der Waals surface area contributed by atoms with Crippen LogP contribution in [-0.4, -0.2) is 51.7 Å². The molecule has 1 saturated heterocycles. The zero-order valence-electron chi connectivity index (χ0n) is 14.5. The molecule has 0 aliphatic carbocycles. The predicted molar refractivity (Wildman–Crippen MR) is 95.3 cm³/mol. The normalized spacial score (nSPS) is 14.4. The summed E-state index contributed by atoms with van der Waals surface area (Å²) in [5, 5.41) is 6.63. The fourth-order valence-electron chi connectivity index (χ4n) is 2.72. The number of carbonyl (C=O) groups excluding carboxylic acids is 1. The van der Waals surface area contributed by atoms with Crippen LogP contribution in [0.3, 0.4) is 0 Å². The standard InChI is InChI=1S/C16H22N6O2S/c1-11-15(25-21-20-11)16(23)17-6-9-24-14-10-13(18-12(2)19-14)22-7-4-3-5-8-22/h10H,3-9H2,1-2H3,(H,17,23). The van der Waals surface area contributed by atoms with Gasteiger partial charge < -0.3 is 15.0 Å². The van der Waals surface area contributed by atoms with E-state index < -0.39 is 0 Å². The van der Waals surface area contributed by atoms with Crippen molar-refractivity contribution >= 4 is 23.3 Å². The maximum absolute atomic E-state index is 12.0. The van der Waals surface area contributed by atoms with Crippen LogP contribution in [0, 0.1) is 13.8 Å². The van der Waals surface area contributed by atoms with Gasteiger partial charge >= 0.3 is 0 Å². The highest BCUT2D eigenvalue weighted by Gasteiger charge is 2.15. The van der Waals surface area contributed by atoms with Crippen LogP contribution in [0.25, 0.3) is 0 Å². The second-order valence-corrected chi connectivity index (χ2v) is 6.71. The van der Waals surface area contributed by atoms with Crippen LogP contribution < -0.4 is 15.0 Å². The van der Waals surface area contributed by atoms with E-state index in [-0.39, 0.29) is 5.91 Å². The van der Waals surface area contributed by atoms with Crippen LogP contribution in [0.15, 0.2) is 6.07 Å². The van der Waals surface area contributed by atoms with Gasteiger partial charge in [0.05, 0.1) is 12.2 Å². The Hall–Kier alpha value is -2.29. The van der Waals surface area contributed by atoms with Crippen molar-refractivity contribution in [2.24, 2.45) is 0 Å². The van der Waals surface area contributed by atoms with E-state index in [9.17, 15) is 4.79 Å². The van der Waals surface area contributed by atoms with Gasteiger partial charge in [0.1, 0.15) is 23.1 Å². The number of carbonyl (C=O) groups is 1. The molecule has 0 spiro atoms. The second-order valence-electron chi connectivity index (χ2n) is 5.95. The number of ether oxygens (including phenoxy) is 1. The van der Waals surface area contributed by atoms with Gasteiger partial charge in [-0.2, -0.15) is 4.98 Å². The number of amides is 1. The van der Waals surface area contributed by atoms with Crippen molar-refractivity contribution in [3.63, 3.8) is 0 Å². The zero-order chi connectivity index (χ0) is 17.6. The summed E-state index contributed by atoms with van der Waals surface area (Å²) in [4.78, 5) is 23.6. The lowest BCUT2D eigenvalue weighted by molar-refractivity contribution is 0.0950. The maximum atomic E-state index is 12.0. The molecular formula is C16H22N6O2S. The lowest BCUT2D eigenvalue weighted by Gasteiger charge is -2.28. The number of piperidine rings is 1. The Kier molecular flexibility index (Phi) is 5.75. The van der Waals surface area contributed by atoms with Crippen molar-refractivity contribution in [1.82, 2.24) is 24.9 Å². The van der Waals surface area contributed by atoms with Crippen LogP contribution in [0.1, 0.15) is 40.5 Å². The Bertz CT molecular complexity index is 729. The van der Waals surface area contributed by atoms with Gasteiger partial charge in [0, 0.05) is 19.2 Å². The average molecular weight is 362 g/mol. The van der Waals surface area contributed by atoms with E-state index in [0.29, 0.717) is 35.4 Å². The highest BCUT2D eigenvalue weighted by atomic mass is 32.1. The largest absolute Gasteiger partial charge is 0.476 e. The quantitative estimate of drug-likeness (QED) is 0.782. The van der Waals surface area contributed by atoms with Crippen molar-refractivity contribution in [3.8, 4) is 5.88 Å². The molecule has 1 amide bonds. The Morgan fingerprint density at radius 1 is 1.28 bits per heavy atom. The summed E-state index contributed by atoms with van der Waals surface area (Å²) >= 11 is 1.09.